The molecule has 0 bridgehead atoms. The Labute approximate surface area is 301 Å². The zero-order chi connectivity index (χ0) is 36.2. The van der Waals surface area contributed by atoms with Crippen LogP contribution in [0, 0.1) is 0 Å². The number of hydrogen-bond acceptors (Lipinski definition) is 8. The summed E-state index contributed by atoms with van der Waals surface area (Å²) in [6.45, 7) is 2.67. The van der Waals surface area contributed by atoms with Crippen molar-refractivity contribution >= 4 is 34.6 Å². The number of nitrogens with zero attached hydrogens (tertiary/aromatic N) is 5. The van der Waals surface area contributed by atoms with Crippen molar-refractivity contribution in [3.8, 4) is 11.5 Å². The summed E-state index contributed by atoms with van der Waals surface area (Å²) in [4.78, 5) is 59.7. The predicted octanol–water partition coefficient (Wildman–Crippen LogP) is 5.22. The molecule has 1 aromatic heterocycles. The highest BCUT2D eigenvalue weighted by atomic mass is 16.6. The average Bonchev–Trinajstić information content (AvgIpc) is 3.45. The number of piperazine rings is 1. The van der Waals surface area contributed by atoms with Gasteiger partial charge in [0.25, 0.3) is 5.91 Å². The second-order valence-electron chi connectivity index (χ2n) is 13.0. The van der Waals surface area contributed by atoms with Crippen molar-refractivity contribution in [3.05, 3.63) is 124 Å². The highest BCUT2D eigenvalue weighted by Crippen LogP contribution is 2.31. The van der Waals surface area contributed by atoms with Gasteiger partial charge in [0.15, 0.2) is 0 Å². The molecule has 0 radical (unpaired) electrons. The number of imidazole rings is 1. The van der Waals surface area contributed by atoms with Gasteiger partial charge in [-0.05, 0) is 65.6 Å². The quantitative estimate of drug-likeness (QED) is 0.182. The molecule has 4 aromatic carbocycles. The molecule has 3 amide bonds. The molecule has 12 nitrogen and oxygen atoms in total. The molecule has 3 heterocycles. The predicted molar refractivity (Wildman–Crippen MR) is 196 cm³/mol. The van der Waals surface area contributed by atoms with Gasteiger partial charge in [0.1, 0.15) is 24.1 Å². The van der Waals surface area contributed by atoms with E-state index in [1.807, 2.05) is 84.9 Å². The molecule has 5 aromatic rings. The minimum atomic E-state index is -0.866. The van der Waals surface area contributed by atoms with E-state index in [1.54, 1.807) is 40.4 Å². The van der Waals surface area contributed by atoms with Crippen molar-refractivity contribution in [2.75, 3.05) is 45.3 Å². The largest absolute Gasteiger partial charge is 0.497 e. The fourth-order valence-electron chi connectivity index (χ4n) is 6.93. The second kappa shape index (κ2) is 15.1. The Kier molecular flexibility index (Phi) is 9.96. The lowest BCUT2D eigenvalue weighted by Crippen LogP contribution is -2.49. The third-order valence-corrected chi connectivity index (χ3v) is 9.85. The minimum Gasteiger partial charge on any atom is -0.497 e. The zero-order valence-corrected chi connectivity index (χ0v) is 29.3. The van der Waals surface area contributed by atoms with Gasteiger partial charge in [0.05, 0.1) is 38.3 Å². The van der Waals surface area contributed by atoms with Crippen molar-refractivity contribution < 1.29 is 28.6 Å². The molecule has 7 rings (SSSR count). The molecular formula is C40H41N5O7. The first-order chi connectivity index (χ1) is 25.3. The van der Waals surface area contributed by atoms with Gasteiger partial charge < -0.3 is 24.0 Å². The minimum absolute atomic E-state index is 0.0979. The number of anilines is 1. The van der Waals surface area contributed by atoms with E-state index in [0.717, 1.165) is 22.4 Å². The fraction of sp³-hybridized carbons (Fsp3) is 0.300. The standard InChI is InChI=1S/C40H41N5O7/c1-50-32-13-8-28(9-14-32)25-43-34-17-12-31(41-20-22-42(23-21-41)40(49)52-27-30-6-4-3-5-7-30)24-36(34)45(39(43)48)35-18-19-37(46)44(38(35)47)26-29-10-15-33(51-2)16-11-29/h3-17,24,35H,18-23,25-27H2,1-2H3. The molecule has 268 valence electrons. The van der Waals surface area contributed by atoms with Crippen LogP contribution in [0.5, 0.6) is 11.5 Å². The first kappa shape index (κ1) is 34.4. The molecule has 2 fully saturated rings. The number of piperidine rings is 1. The monoisotopic (exact) mass is 703 g/mol. The summed E-state index contributed by atoms with van der Waals surface area (Å²) in [5.74, 6) is 0.704. The summed E-state index contributed by atoms with van der Waals surface area (Å²) in [5.41, 5.74) is 4.44. The van der Waals surface area contributed by atoms with Crippen molar-refractivity contribution in [2.45, 2.75) is 38.6 Å². The normalized spacial score (nSPS) is 16.3. The van der Waals surface area contributed by atoms with Crippen molar-refractivity contribution in [1.29, 1.82) is 0 Å². The molecular weight excluding hydrogens is 662 g/mol. The number of methoxy groups -OCH3 is 2. The third kappa shape index (κ3) is 7.09. The number of rotatable bonds is 10. The molecule has 0 spiro atoms. The number of aromatic nitrogens is 2. The topological polar surface area (TPSA) is 116 Å². The lowest BCUT2D eigenvalue weighted by molar-refractivity contribution is -0.151. The number of benzene rings is 4. The number of likely N-dealkylation sites (tertiary alicyclic amines) is 1. The smallest absolute Gasteiger partial charge is 0.410 e. The lowest BCUT2D eigenvalue weighted by atomic mass is 10.0. The molecule has 52 heavy (non-hydrogen) atoms. The van der Waals surface area contributed by atoms with Crippen LogP contribution in [0.2, 0.25) is 0 Å². The van der Waals surface area contributed by atoms with E-state index < -0.39 is 11.9 Å². The third-order valence-electron chi connectivity index (χ3n) is 9.85. The number of hydrogen-bond donors (Lipinski definition) is 0. The van der Waals surface area contributed by atoms with Gasteiger partial charge in [-0.25, -0.2) is 9.59 Å². The van der Waals surface area contributed by atoms with Crippen LogP contribution in [0.15, 0.2) is 102 Å². The van der Waals surface area contributed by atoms with E-state index in [9.17, 15) is 19.2 Å². The van der Waals surface area contributed by atoms with Gasteiger partial charge in [-0.2, -0.15) is 0 Å². The Hall–Kier alpha value is -6.04. The molecule has 1 atom stereocenters. The summed E-state index contributed by atoms with van der Waals surface area (Å²) >= 11 is 0. The van der Waals surface area contributed by atoms with E-state index in [4.69, 9.17) is 14.2 Å². The number of ether oxygens (including phenoxy) is 3. The van der Waals surface area contributed by atoms with Crippen LogP contribution in [-0.2, 0) is 34.0 Å². The first-order valence-corrected chi connectivity index (χ1v) is 17.4. The Balaban J connectivity index is 1.17. The Morgan fingerprint density at radius 2 is 1.35 bits per heavy atom. The Bertz CT molecular complexity index is 2120. The van der Waals surface area contributed by atoms with Gasteiger partial charge in [-0.3, -0.25) is 23.6 Å². The SMILES string of the molecule is COc1ccc(CN2C(=O)CCC(n3c(=O)n(Cc4ccc(OC)cc4)c4ccc(N5CCN(C(=O)OCc6ccccc6)CC5)cc43)C2=O)cc1. The molecule has 0 saturated carbocycles. The summed E-state index contributed by atoms with van der Waals surface area (Å²) in [6, 6.07) is 29.3. The van der Waals surface area contributed by atoms with E-state index in [1.165, 1.54) is 4.90 Å². The molecule has 2 saturated heterocycles. The zero-order valence-electron chi connectivity index (χ0n) is 29.3. The molecule has 0 N–H and O–H groups in total. The number of carbonyl (C=O) groups is 3. The van der Waals surface area contributed by atoms with Gasteiger partial charge in [0.2, 0.25) is 5.91 Å². The maximum atomic E-state index is 14.4. The lowest BCUT2D eigenvalue weighted by Gasteiger charge is -2.35. The molecule has 0 aliphatic carbocycles. The van der Waals surface area contributed by atoms with Crippen LogP contribution >= 0.6 is 0 Å². The van der Waals surface area contributed by atoms with E-state index in [-0.39, 0.29) is 50.2 Å². The number of imide groups is 1. The van der Waals surface area contributed by atoms with Crippen LogP contribution in [-0.4, -0.2) is 77.2 Å². The van der Waals surface area contributed by atoms with Crippen molar-refractivity contribution in [2.24, 2.45) is 0 Å². The molecule has 1 unspecified atom stereocenters. The van der Waals surface area contributed by atoms with Crippen LogP contribution in [0.3, 0.4) is 0 Å². The van der Waals surface area contributed by atoms with Gasteiger partial charge >= 0.3 is 11.8 Å². The van der Waals surface area contributed by atoms with Crippen LogP contribution < -0.4 is 20.1 Å². The fourth-order valence-corrected chi connectivity index (χ4v) is 6.93. The Morgan fingerprint density at radius 1 is 0.712 bits per heavy atom. The summed E-state index contributed by atoms with van der Waals surface area (Å²) in [7, 11) is 3.18. The van der Waals surface area contributed by atoms with Crippen LogP contribution in [0.4, 0.5) is 10.5 Å². The highest BCUT2D eigenvalue weighted by Gasteiger charge is 2.38. The molecule has 2 aliphatic heterocycles. The first-order valence-electron chi connectivity index (χ1n) is 17.4. The number of carbonyl (C=O) groups excluding carboxylic acids is 3. The van der Waals surface area contributed by atoms with Crippen LogP contribution in [0.25, 0.3) is 11.0 Å². The number of amides is 3. The molecule has 2 aliphatic rings. The van der Waals surface area contributed by atoms with E-state index >= 15 is 0 Å². The average molecular weight is 704 g/mol. The van der Waals surface area contributed by atoms with Crippen molar-refractivity contribution in [1.82, 2.24) is 18.9 Å². The highest BCUT2D eigenvalue weighted by molar-refractivity contribution is 6.00. The van der Waals surface area contributed by atoms with Crippen LogP contribution in [0.1, 0.15) is 35.6 Å². The summed E-state index contributed by atoms with van der Waals surface area (Å²) in [6.07, 6.45) is -0.00801. The van der Waals surface area contributed by atoms with E-state index in [0.29, 0.717) is 48.7 Å². The van der Waals surface area contributed by atoms with Gasteiger partial charge in [-0.1, -0.05) is 54.6 Å². The van der Waals surface area contributed by atoms with Gasteiger partial charge in [-0.15, -0.1) is 0 Å². The summed E-state index contributed by atoms with van der Waals surface area (Å²) < 4.78 is 19.4. The maximum absolute atomic E-state index is 14.4. The summed E-state index contributed by atoms with van der Waals surface area (Å²) in [5, 5.41) is 0. The van der Waals surface area contributed by atoms with Gasteiger partial charge in [0, 0.05) is 38.3 Å². The molecule has 12 heteroatoms. The van der Waals surface area contributed by atoms with E-state index in [2.05, 4.69) is 4.90 Å². The number of fused-ring (bicyclic) bond motifs is 1. The maximum Gasteiger partial charge on any atom is 0.410 e. The van der Waals surface area contributed by atoms with Crippen molar-refractivity contribution in [3.63, 3.8) is 0 Å². The Morgan fingerprint density at radius 3 is 1.98 bits per heavy atom. The second-order valence-corrected chi connectivity index (χ2v) is 13.0.